The number of pyridine rings is 1. The molecule has 0 unspecified atom stereocenters. The lowest BCUT2D eigenvalue weighted by Crippen LogP contribution is -2.11. The third-order valence-corrected chi connectivity index (χ3v) is 2.71. The summed E-state index contributed by atoms with van der Waals surface area (Å²) in [6.45, 7) is 1.85. The van der Waals surface area contributed by atoms with Crippen molar-refractivity contribution in [2.75, 3.05) is 0 Å². The van der Waals surface area contributed by atoms with Crippen molar-refractivity contribution in [3.05, 3.63) is 64.0 Å². The van der Waals surface area contributed by atoms with Crippen molar-refractivity contribution in [1.82, 2.24) is 4.98 Å². The van der Waals surface area contributed by atoms with E-state index < -0.39 is 11.1 Å². The Balaban J connectivity index is 1.90. The molecule has 0 aliphatic rings. The zero-order chi connectivity index (χ0) is 15.2. The van der Waals surface area contributed by atoms with Gasteiger partial charge < -0.3 is 9.47 Å². The molecule has 0 aliphatic carbocycles. The van der Waals surface area contributed by atoms with E-state index in [9.17, 15) is 14.9 Å². The summed E-state index contributed by atoms with van der Waals surface area (Å²) in [6.07, 6.45) is 0.765. The van der Waals surface area contributed by atoms with E-state index in [1.165, 1.54) is 24.3 Å². The number of hydrogen-bond acceptors (Lipinski definition) is 6. The number of aromatic nitrogens is 1. The van der Waals surface area contributed by atoms with E-state index in [4.69, 9.17) is 9.47 Å². The number of carbonyl (C=O) groups excluding carboxylic acids is 1. The van der Waals surface area contributed by atoms with E-state index >= 15 is 0 Å². The van der Waals surface area contributed by atoms with E-state index in [0.717, 1.165) is 11.3 Å². The van der Waals surface area contributed by atoms with Crippen molar-refractivity contribution in [3.63, 3.8) is 0 Å². The number of benzene rings is 1. The molecule has 0 atom stereocenters. The van der Waals surface area contributed by atoms with E-state index in [-0.39, 0.29) is 18.0 Å². The minimum atomic E-state index is -0.882. The average Bonchev–Trinajstić information content (AvgIpc) is 2.47. The van der Waals surface area contributed by atoms with Crippen LogP contribution in [0.15, 0.2) is 42.6 Å². The second-order valence-corrected chi connectivity index (χ2v) is 4.14. The molecule has 0 amide bonds. The van der Waals surface area contributed by atoms with Gasteiger partial charge in [0.05, 0.1) is 4.92 Å². The Morgan fingerprint density at radius 3 is 2.62 bits per heavy atom. The van der Waals surface area contributed by atoms with Crippen molar-refractivity contribution < 1.29 is 19.2 Å². The third-order valence-electron chi connectivity index (χ3n) is 2.71. The molecule has 0 saturated carbocycles. The van der Waals surface area contributed by atoms with Crippen LogP contribution < -0.4 is 4.74 Å². The first-order valence-corrected chi connectivity index (χ1v) is 6.06. The van der Waals surface area contributed by atoms with Gasteiger partial charge in [-0.05, 0) is 25.1 Å². The number of rotatable bonds is 4. The lowest BCUT2D eigenvalue weighted by Gasteiger charge is -2.07. The van der Waals surface area contributed by atoms with Crippen molar-refractivity contribution in [2.24, 2.45) is 0 Å². The molecule has 2 rings (SSSR count). The molecule has 7 nitrogen and oxygen atoms in total. The van der Waals surface area contributed by atoms with Gasteiger partial charge in [0.25, 0.3) is 5.69 Å². The van der Waals surface area contributed by atoms with Gasteiger partial charge >= 0.3 is 6.16 Å². The van der Waals surface area contributed by atoms with Gasteiger partial charge in [-0.3, -0.25) is 15.1 Å². The van der Waals surface area contributed by atoms with Gasteiger partial charge in [-0.15, -0.1) is 0 Å². The van der Waals surface area contributed by atoms with Crippen LogP contribution in [-0.4, -0.2) is 16.1 Å². The largest absolute Gasteiger partial charge is 0.514 e. The smallest absolute Gasteiger partial charge is 0.429 e. The summed E-state index contributed by atoms with van der Waals surface area (Å²) in [5.41, 5.74) is 1.46. The van der Waals surface area contributed by atoms with Crippen molar-refractivity contribution in [3.8, 4) is 5.75 Å². The molecule has 21 heavy (non-hydrogen) atoms. The lowest BCUT2D eigenvalue weighted by molar-refractivity contribution is -0.384. The molecule has 0 fully saturated rings. The number of ether oxygens (including phenoxy) is 2. The van der Waals surface area contributed by atoms with E-state index in [2.05, 4.69) is 4.98 Å². The van der Waals surface area contributed by atoms with Gasteiger partial charge in [-0.1, -0.05) is 6.07 Å². The van der Waals surface area contributed by atoms with E-state index in [1.807, 2.05) is 0 Å². The van der Waals surface area contributed by atoms with Crippen LogP contribution in [0.4, 0.5) is 10.5 Å². The minimum Gasteiger partial charge on any atom is -0.429 e. The molecule has 0 radical (unpaired) electrons. The molecule has 0 saturated heterocycles. The van der Waals surface area contributed by atoms with Gasteiger partial charge in [-0.2, -0.15) is 0 Å². The predicted molar refractivity (Wildman–Crippen MR) is 72.9 cm³/mol. The Kier molecular flexibility index (Phi) is 4.45. The zero-order valence-electron chi connectivity index (χ0n) is 11.2. The zero-order valence-corrected chi connectivity index (χ0v) is 11.2. The summed E-state index contributed by atoms with van der Waals surface area (Å²) in [6, 6.07) is 8.68. The highest BCUT2D eigenvalue weighted by Crippen LogP contribution is 2.18. The monoisotopic (exact) mass is 288 g/mol. The van der Waals surface area contributed by atoms with Gasteiger partial charge in [0.15, 0.2) is 0 Å². The quantitative estimate of drug-likeness (QED) is 0.371. The van der Waals surface area contributed by atoms with Crippen LogP contribution in [0.5, 0.6) is 5.75 Å². The topological polar surface area (TPSA) is 91.6 Å². The molecule has 1 heterocycles. The molecule has 1 aromatic heterocycles. The van der Waals surface area contributed by atoms with Crippen LogP contribution in [0, 0.1) is 17.0 Å². The Bertz CT molecular complexity index is 655. The summed E-state index contributed by atoms with van der Waals surface area (Å²) in [5.74, 6) is 0.175. The maximum atomic E-state index is 11.5. The second-order valence-electron chi connectivity index (χ2n) is 4.14. The van der Waals surface area contributed by atoms with E-state index in [0.29, 0.717) is 0 Å². The van der Waals surface area contributed by atoms with Crippen LogP contribution in [-0.2, 0) is 11.3 Å². The fourth-order valence-corrected chi connectivity index (χ4v) is 1.57. The normalized spacial score (nSPS) is 9.95. The number of hydrogen-bond donors (Lipinski definition) is 0. The fourth-order valence-electron chi connectivity index (χ4n) is 1.57. The lowest BCUT2D eigenvalue weighted by atomic mass is 10.2. The Labute approximate surface area is 120 Å². The minimum absolute atomic E-state index is 0.0471. The number of nitro benzene ring substituents is 1. The number of nitro groups is 1. The summed E-state index contributed by atoms with van der Waals surface area (Å²) >= 11 is 0. The molecule has 2 aromatic rings. The molecular weight excluding hydrogens is 276 g/mol. The summed E-state index contributed by atoms with van der Waals surface area (Å²) < 4.78 is 9.86. The first kappa shape index (κ1) is 14.4. The maximum Gasteiger partial charge on any atom is 0.514 e. The molecule has 108 valence electrons. The molecule has 0 bridgehead atoms. The average molecular weight is 288 g/mol. The van der Waals surface area contributed by atoms with Gasteiger partial charge in [-0.25, -0.2) is 4.79 Å². The molecule has 7 heteroatoms. The number of aryl methyl sites for hydroxylation is 1. The van der Waals surface area contributed by atoms with Crippen LogP contribution in [0.1, 0.15) is 11.3 Å². The highest BCUT2D eigenvalue weighted by Gasteiger charge is 2.10. The SMILES string of the molecule is Cc1ncccc1COC(=O)Oc1ccc([N+](=O)[O-])cc1. The van der Waals surface area contributed by atoms with E-state index in [1.54, 1.807) is 25.3 Å². The molecular formula is C14H12N2O5. The first-order valence-electron chi connectivity index (χ1n) is 6.06. The van der Waals surface area contributed by atoms with Crippen molar-refractivity contribution in [1.29, 1.82) is 0 Å². The molecule has 0 N–H and O–H groups in total. The third kappa shape index (κ3) is 4.00. The van der Waals surface area contributed by atoms with Crippen LogP contribution >= 0.6 is 0 Å². The van der Waals surface area contributed by atoms with Crippen LogP contribution in [0.3, 0.4) is 0 Å². The fraction of sp³-hybridized carbons (Fsp3) is 0.143. The number of carbonyl (C=O) groups is 1. The Morgan fingerprint density at radius 2 is 2.00 bits per heavy atom. The first-order chi connectivity index (χ1) is 10.1. The van der Waals surface area contributed by atoms with Gasteiger partial charge in [0.1, 0.15) is 12.4 Å². The molecule has 1 aromatic carbocycles. The predicted octanol–water partition coefficient (Wildman–Crippen LogP) is 3.01. The van der Waals surface area contributed by atoms with Gasteiger partial charge in [0.2, 0.25) is 0 Å². The van der Waals surface area contributed by atoms with Crippen molar-refractivity contribution in [2.45, 2.75) is 13.5 Å². The Morgan fingerprint density at radius 1 is 1.29 bits per heavy atom. The standard InChI is InChI=1S/C14H12N2O5/c1-10-11(3-2-8-15-10)9-20-14(17)21-13-6-4-12(5-7-13)16(18)19/h2-8H,9H2,1H3. The number of nitrogens with zero attached hydrogens (tertiary/aromatic N) is 2. The molecule has 0 aliphatic heterocycles. The van der Waals surface area contributed by atoms with Gasteiger partial charge in [0, 0.05) is 29.6 Å². The summed E-state index contributed by atoms with van der Waals surface area (Å²) in [7, 11) is 0. The summed E-state index contributed by atoms with van der Waals surface area (Å²) in [5, 5.41) is 10.5. The van der Waals surface area contributed by atoms with Crippen LogP contribution in [0.25, 0.3) is 0 Å². The maximum absolute atomic E-state index is 11.5. The summed E-state index contributed by atoms with van der Waals surface area (Å²) in [4.78, 5) is 25.5. The second kappa shape index (κ2) is 6.47. The van der Waals surface area contributed by atoms with Crippen LogP contribution in [0.2, 0.25) is 0 Å². The highest BCUT2D eigenvalue weighted by atomic mass is 16.7. The van der Waals surface area contributed by atoms with Crippen molar-refractivity contribution >= 4 is 11.8 Å². The highest BCUT2D eigenvalue weighted by molar-refractivity contribution is 5.64. The number of non-ortho nitro benzene ring substituents is 1. The molecule has 0 spiro atoms. The Hall–Kier alpha value is -2.96.